The lowest BCUT2D eigenvalue weighted by atomic mass is 10.1. The summed E-state index contributed by atoms with van der Waals surface area (Å²) < 4.78 is 5.05. The number of hydrogen-bond acceptors (Lipinski definition) is 4. The van der Waals surface area contributed by atoms with Crippen LogP contribution in [0.1, 0.15) is 12.5 Å². The Bertz CT molecular complexity index is 369. The van der Waals surface area contributed by atoms with Crippen molar-refractivity contribution in [3.05, 3.63) is 28.8 Å². The predicted octanol–water partition coefficient (Wildman–Crippen LogP) is 1.18. The first-order chi connectivity index (χ1) is 7.98. The molecular formula is C12H18ClNO3. The molecule has 17 heavy (non-hydrogen) atoms. The van der Waals surface area contributed by atoms with E-state index in [1.165, 1.54) is 0 Å². The van der Waals surface area contributed by atoms with Crippen LogP contribution in [0.3, 0.4) is 0 Å². The van der Waals surface area contributed by atoms with Gasteiger partial charge in [0, 0.05) is 13.1 Å². The van der Waals surface area contributed by atoms with E-state index < -0.39 is 5.60 Å². The SMILES string of the molecule is COc1ccc(CNCC(C)(O)CO)cc1Cl. The van der Waals surface area contributed by atoms with Gasteiger partial charge in [-0.1, -0.05) is 17.7 Å². The van der Waals surface area contributed by atoms with Crippen molar-refractivity contribution in [3.63, 3.8) is 0 Å². The van der Waals surface area contributed by atoms with Crippen molar-refractivity contribution >= 4 is 11.6 Å². The average molecular weight is 260 g/mol. The third-order valence-electron chi connectivity index (χ3n) is 2.39. The third kappa shape index (κ3) is 4.52. The van der Waals surface area contributed by atoms with E-state index in [1.54, 1.807) is 26.2 Å². The molecule has 0 amide bonds. The number of aliphatic hydroxyl groups excluding tert-OH is 1. The molecule has 0 bridgehead atoms. The molecule has 96 valence electrons. The van der Waals surface area contributed by atoms with Gasteiger partial charge < -0.3 is 20.3 Å². The second-order valence-electron chi connectivity index (χ2n) is 4.23. The Kier molecular flexibility index (Phi) is 5.21. The van der Waals surface area contributed by atoms with Gasteiger partial charge >= 0.3 is 0 Å². The van der Waals surface area contributed by atoms with Crippen molar-refractivity contribution in [1.29, 1.82) is 0 Å². The fourth-order valence-electron chi connectivity index (χ4n) is 1.35. The molecule has 0 spiro atoms. The van der Waals surface area contributed by atoms with Crippen molar-refractivity contribution < 1.29 is 14.9 Å². The number of nitrogens with one attached hydrogen (secondary N) is 1. The minimum absolute atomic E-state index is 0.274. The summed E-state index contributed by atoms with van der Waals surface area (Å²) in [4.78, 5) is 0. The molecule has 0 saturated heterocycles. The standard InChI is InChI=1S/C12H18ClNO3/c1-12(16,8-15)7-14-6-9-3-4-11(17-2)10(13)5-9/h3-5,14-16H,6-8H2,1-2H3. The molecule has 0 radical (unpaired) electrons. The average Bonchev–Trinajstić information content (AvgIpc) is 2.29. The van der Waals surface area contributed by atoms with Crippen molar-refractivity contribution in [3.8, 4) is 5.75 Å². The molecule has 0 aliphatic rings. The maximum atomic E-state index is 9.58. The zero-order chi connectivity index (χ0) is 12.9. The van der Waals surface area contributed by atoms with Crippen LogP contribution in [-0.4, -0.2) is 36.1 Å². The van der Waals surface area contributed by atoms with Crippen LogP contribution in [-0.2, 0) is 6.54 Å². The molecule has 1 rings (SSSR count). The zero-order valence-electron chi connectivity index (χ0n) is 10.0. The molecule has 0 fully saturated rings. The number of rotatable bonds is 6. The molecule has 0 aromatic heterocycles. The van der Waals surface area contributed by atoms with Crippen molar-refractivity contribution in [2.75, 3.05) is 20.3 Å². The quantitative estimate of drug-likeness (QED) is 0.718. The molecule has 1 aromatic carbocycles. The van der Waals surface area contributed by atoms with Gasteiger partial charge in [-0.25, -0.2) is 0 Å². The van der Waals surface area contributed by atoms with E-state index in [-0.39, 0.29) is 6.61 Å². The summed E-state index contributed by atoms with van der Waals surface area (Å²) in [5, 5.41) is 22.1. The van der Waals surface area contributed by atoms with E-state index >= 15 is 0 Å². The highest BCUT2D eigenvalue weighted by Crippen LogP contribution is 2.24. The topological polar surface area (TPSA) is 61.7 Å². The highest BCUT2D eigenvalue weighted by atomic mass is 35.5. The Morgan fingerprint density at radius 3 is 2.71 bits per heavy atom. The Morgan fingerprint density at radius 1 is 1.47 bits per heavy atom. The molecule has 3 N–H and O–H groups in total. The van der Waals surface area contributed by atoms with Gasteiger partial charge in [-0.05, 0) is 24.6 Å². The van der Waals surface area contributed by atoms with Crippen LogP contribution in [0.4, 0.5) is 0 Å². The predicted molar refractivity (Wildman–Crippen MR) is 67.4 cm³/mol. The molecule has 1 atom stereocenters. The van der Waals surface area contributed by atoms with Crippen LogP contribution >= 0.6 is 11.6 Å². The van der Waals surface area contributed by atoms with E-state index in [4.69, 9.17) is 21.4 Å². The van der Waals surface area contributed by atoms with Crippen molar-refractivity contribution in [2.24, 2.45) is 0 Å². The highest BCUT2D eigenvalue weighted by molar-refractivity contribution is 6.32. The van der Waals surface area contributed by atoms with E-state index in [0.717, 1.165) is 5.56 Å². The minimum atomic E-state index is -1.10. The van der Waals surface area contributed by atoms with Crippen LogP contribution in [0.15, 0.2) is 18.2 Å². The number of aliphatic hydroxyl groups is 2. The monoisotopic (exact) mass is 259 g/mol. The summed E-state index contributed by atoms with van der Waals surface area (Å²) >= 11 is 5.98. The third-order valence-corrected chi connectivity index (χ3v) is 2.69. The Labute approximate surface area is 106 Å². The first-order valence-corrected chi connectivity index (χ1v) is 5.72. The Morgan fingerprint density at radius 2 is 2.18 bits per heavy atom. The summed E-state index contributed by atoms with van der Waals surface area (Å²) in [5.41, 5.74) is -0.111. The Hall–Kier alpha value is -0.810. The molecule has 5 heteroatoms. The van der Waals surface area contributed by atoms with Gasteiger partial charge in [0.25, 0.3) is 0 Å². The van der Waals surface area contributed by atoms with Crippen LogP contribution in [0.5, 0.6) is 5.75 Å². The van der Waals surface area contributed by atoms with Gasteiger partial charge in [0.1, 0.15) is 5.75 Å². The molecule has 0 aliphatic heterocycles. The molecular weight excluding hydrogens is 242 g/mol. The minimum Gasteiger partial charge on any atom is -0.495 e. The van der Waals surface area contributed by atoms with E-state index in [1.807, 2.05) is 6.07 Å². The first-order valence-electron chi connectivity index (χ1n) is 5.35. The van der Waals surface area contributed by atoms with Gasteiger partial charge in [-0.3, -0.25) is 0 Å². The number of ether oxygens (including phenoxy) is 1. The first kappa shape index (κ1) is 14.3. The molecule has 0 heterocycles. The lowest BCUT2D eigenvalue weighted by Crippen LogP contribution is -2.40. The maximum Gasteiger partial charge on any atom is 0.137 e. The molecule has 1 aromatic rings. The summed E-state index contributed by atoms with van der Waals surface area (Å²) in [7, 11) is 1.57. The smallest absolute Gasteiger partial charge is 0.137 e. The van der Waals surface area contributed by atoms with Crippen LogP contribution in [0.2, 0.25) is 5.02 Å². The molecule has 0 saturated carbocycles. The lowest BCUT2D eigenvalue weighted by molar-refractivity contribution is 0.00254. The summed E-state index contributed by atoms with van der Waals surface area (Å²) in [5.74, 6) is 0.637. The van der Waals surface area contributed by atoms with Crippen molar-refractivity contribution in [1.82, 2.24) is 5.32 Å². The summed E-state index contributed by atoms with van der Waals surface area (Å²) in [6.45, 7) is 2.18. The molecule has 4 nitrogen and oxygen atoms in total. The fourth-order valence-corrected chi connectivity index (χ4v) is 1.63. The largest absolute Gasteiger partial charge is 0.495 e. The Balaban J connectivity index is 2.50. The summed E-state index contributed by atoms with van der Waals surface area (Å²) in [6.07, 6.45) is 0. The van der Waals surface area contributed by atoms with Crippen LogP contribution in [0, 0.1) is 0 Å². The van der Waals surface area contributed by atoms with Gasteiger partial charge in [-0.15, -0.1) is 0 Å². The normalized spacial score (nSPS) is 14.4. The maximum absolute atomic E-state index is 9.58. The number of hydrogen-bond donors (Lipinski definition) is 3. The second kappa shape index (κ2) is 6.21. The molecule has 1 unspecified atom stereocenters. The zero-order valence-corrected chi connectivity index (χ0v) is 10.8. The van der Waals surface area contributed by atoms with E-state index in [2.05, 4.69) is 5.32 Å². The number of methoxy groups -OCH3 is 1. The van der Waals surface area contributed by atoms with E-state index in [0.29, 0.717) is 23.9 Å². The van der Waals surface area contributed by atoms with Crippen LogP contribution < -0.4 is 10.1 Å². The van der Waals surface area contributed by atoms with Crippen molar-refractivity contribution in [2.45, 2.75) is 19.1 Å². The molecule has 0 aliphatic carbocycles. The van der Waals surface area contributed by atoms with E-state index in [9.17, 15) is 5.11 Å². The highest BCUT2D eigenvalue weighted by Gasteiger charge is 2.17. The number of benzene rings is 1. The number of halogens is 1. The van der Waals surface area contributed by atoms with Gasteiger partial charge in [0.05, 0.1) is 24.3 Å². The van der Waals surface area contributed by atoms with Gasteiger partial charge in [0.2, 0.25) is 0 Å². The van der Waals surface area contributed by atoms with Gasteiger partial charge in [0.15, 0.2) is 0 Å². The van der Waals surface area contributed by atoms with Gasteiger partial charge in [-0.2, -0.15) is 0 Å². The second-order valence-corrected chi connectivity index (χ2v) is 4.63. The summed E-state index contributed by atoms with van der Waals surface area (Å²) in [6, 6.07) is 5.50. The lowest BCUT2D eigenvalue weighted by Gasteiger charge is -2.20. The van der Waals surface area contributed by atoms with Crippen LogP contribution in [0.25, 0.3) is 0 Å². The fraction of sp³-hybridized carbons (Fsp3) is 0.500.